The van der Waals surface area contributed by atoms with Crippen LogP contribution in [0, 0.1) is 6.92 Å². The molecule has 0 aromatic heterocycles. The molecule has 220 valence electrons. The second kappa shape index (κ2) is 13.7. The maximum Gasteiger partial charge on any atom is 0.264 e. The number of amides is 2. The molecular weight excluding hydrogens is 566 g/mol. The Balaban J connectivity index is 2.07. The summed E-state index contributed by atoms with van der Waals surface area (Å²) in [6, 6.07) is 16.9. The summed E-state index contributed by atoms with van der Waals surface area (Å²) in [5.74, 6) is -0.329. The topological polar surface area (TPSA) is 105 Å². The summed E-state index contributed by atoms with van der Waals surface area (Å²) in [7, 11) is -1.44. The number of rotatable bonds is 12. The van der Waals surface area contributed by atoms with E-state index in [2.05, 4.69) is 5.32 Å². The summed E-state index contributed by atoms with van der Waals surface area (Å²) < 4.78 is 39.7. The molecule has 2 amide bonds. The van der Waals surface area contributed by atoms with Gasteiger partial charge in [-0.15, -0.1) is 0 Å². The average Bonchev–Trinajstić information content (AvgIpc) is 2.93. The molecule has 0 aliphatic rings. The number of ether oxygens (including phenoxy) is 2. The van der Waals surface area contributed by atoms with E-state index in [1.165, 1.54) is 49.5 Å². The quantitative estimate of drug-likeness (QED) is 0.320. The van der Waals surface area contributed by atoms with Crippen LogP contribution in [0.5, 0.6) is 11.5 Å². The number of anilines is 1. The van der Waals surface area contributed by atoms with Crippen LogP contribution in [0.4, 0.5) is 5.69 Å². The molecule has 1 atom stereocenters. The molecule has 1 N–H and O–H groups in total. The Hall–Kier alpha value is -3.76. The van der Waals surface area contributed by atoms with Crippen molar-refractivity contribution in [3.05, 3.63) is 82.9 Å². The molecule has 0 saturated carbocycles. The minimum Gasteiger partial charge on any atom is -0.493 e. The molecule has 0 aliphatic carbocycles. The molecule has 3 aromatic carbocycles. The van der Waals surface area contributed by atoms with Gasteiger partial charge >= 0.3 is 0 Å². The Morgan fingerprint density at radius 1 is 0.927 bits per heavy atom. The summed E-state index contributed by atoms with van der Waals surface area (Å²) in [5, 5.41) is 3.25. The summed E-state index contributed by atoms with van der Waals surface area (Å²) in [5.41, 5.74) is 2.03. The van der Waals surface area contributed by atoms with Crippen molar-refractivity contribution in [1.29, 1.82) is 0 Å². The van der Waals surface area contributed by atoms with Crippen molar-refractivity contribution in [3.8, 4) is 11.5 Å². The van der Waals surface area contributed by atoms with Gasteiger partial charge in [-0.3, -0.25) is 13.9 Å². The molecule has 3 aromatic rings. The van der Waals surface area contributed by atoms with Crippen LogP contribution in [0.2, 0.25) is 5.02 Å². The predicted molar refractivity (Wildman–Crippen MR) is 160 cm³/mol. The third kappa shape index (κ3) is 7.92. The van der Waals surface area contributed by atoms with E-state index >= 15 is 0 Å². The summed E-state index contributed by atoms with van der Waals surface area (Å²) >= 11 is 6.08. The van der Waals surface area contributed by atoms with E-state index < -0.39 is 28.5 Å². The zero-order valence-electron chi connectivity index (χ0n) is 24.0. The molecule has 9 nitrogen and oxygen atoms in total. The first kappa shape index (κ1) is 31.8. The first-order chi connectivity index (χ1) is 19.4. The number of nitrogens with one attached hydrogen (secondary N) is 1. The van der Waals surface area contributed by atoms with E-state index in [1.807, 2.05) is 45.0 Å². The summed E-state index contributed by atoms with van der Waals surface area (Å²) in [6.07, 6.45) is 0. The van der Waals surface area contributed by atoms with E-state index in [-0.39, 0.29) is 34.8 Å². The highest BCUT2D eigenvalue weighted by atomic mass is 35.5. The Labute approximate surface area is 247 Å². The van der Waals surface area contributed by atoms with Crippen LogP contribution in [0.3, 0.4) is 0 Å². The van der Waals surface area contributed by atoms with Gasteiger partial charge in [-0.2, -0.15) is 0 Å². The van der Waals surface area contributed by atoms with Crippen LogP contribution >= 0.6 is 11.6 Å². The second-order valence-corrected chi connectivity index (χ2v) is 12.2. The fourth-order valence-corrected chi connectivity index (χ4v) is 5.79. The van der Waals surface area contributed by atoms with Gasteiger partial charge in [0.15, 0.2) is 11.5 Å². The first-order valence-electron chi connectivity index (χ1n) is 13.0. The number of carbonyl (C=O) groups is 2. The number of hydrogen-bond acceptors (Lipinski definition) is 6. The standard InChI is InChI=1S/C30H36ClN3O6S/c1-20(2)32-30(36)22(4)33(18-23-9-7-8-21(3)16-23)29(35)19-34(25-12-10-24(31)11-13-25)41(37,38)26-14-15-27(39-5)28(17-26)40-6/h7-17,20,22H,18-19H2,1-6H3,(H,32,36). The Morgan fingerprint density at radius 2 is 1.59 bits per heavy atom. The lowest BCUT2D eigenvalue weighted by atomic mass is 10.1. The molecule has 0 aliphatic heterocycles. The lowest BCUT2D eigenvalue weighted by molar-refractivity contribution is -0.139. The number of benzene rings is 3. The van der Waals surface area contributed by atoms with Crippen molar-refractivity contribution >= 4 is 39.1 Å². The molecular formula is C30H36ClN3O6S. The zero-order chi connectivity index (χ0) is 30.3. The third-order valence-electron chi connectivity index (χ3n) is 6.37. The summed E-state index contributed by atoms with van der Waals surface area (Å²) in [6.45, 7) is 6.76. The maximum atomic E-state index is 14.0. The van der Waals surface area contributed by atoms with E-state index in [1.54, 1.807) is 19.1 Å². The normalized spacial score (nSPS) is 12.0. The van der Waals surface area contributed by atoms with E-state index in [0.717, 1.165) is 15.4 Å². The highest BCUT2D eigenvalue weighted by Gasteiger charge is 2.33. The number of aryl methyl sites for hydroxylation is 1. The smallest absolute Gasteiger partial charge is 0.264 e. The Kier molecular flexibility index (Phi) is 10.6. The lowest BCUT2D eigenvalue weighted by Crippen LogP contribution is -2.52. The van der Waals surface area contributed by atoms with Crippen molar-refractivity contribution in [2.45, 2.75) is 51.2 Å². The number of carbonyl (C=O) groups excluding carboxylic acids is 2. The molecule has 0 radical (unpaired) electrons. The van der Waals surface area contributed by atoms with E-state index in [4.69, 9.17) is 21.1 Å². The zero-order valence-corrected chi connectivity index (χ0v) is 25.6. The van der Waals surface area contributed by atoms with Gasteiger partial charge in [0.05, 0.1) is 24.8 Å². The molecule has 11 heteroatoms. The van der Waals surface area contributed by atoms with Gasteiger partial charge in [0.25, 0.3) is 10.0 Å². The fourth-order valence-electron chi connectivity index (χ4n) is 4.24. The second-order valence-electron chi connectivity index (χ2n) is 9.85. The molecule has 0 spiro atoms. The summed E-state index contributed by atoms with van der Waals surface area (Å²) in [4.78, 5) is 28.3. The van der Waals surface area contributed by atoms with Crippen molar-refractivity contribution in [2.24, 2.45) is 0 Å². The van der Waals surface area contributed by atoms with Crippen LogP contribution in [0.1, 0.15) is 31.9 Å². The van der Waals surface area contributed by atoms with Crippen LogP contribution in [0.25, 0.3) is 0 Å². The largest absolute Gasteiger partial charge is 0.493 e. The molecule has 41 heavy (non-hydrogen) atoms. The Bertz CT molecular complexity index is 1480. The Morgan fingerprint density at radius 3 is 2.17 bits per heavy atom. The highest BCUT2D eigenvalue weighted by molar-refractivity contribution is 7.92. The van der Waals surface area contributed by atoms with Gasteiger partial charge in [0, 0.05) is 23.7 Å². The molecule has 3 rings (SSSR count). The number of hydrogen-bond donors (Lipinski definition) is 1. The molecule has 0 fully saturated rings. The van der Waals surface area contributed by atoms with Gasteiger partial charge in [-0.25, -0.2) is 8.42 Å². The monoisotopic (exact) mass is 601 g/mol. The van der Waals surface area contributed by atoms with Crippen molar-refractivity contribution in [1.82, 2.24) is 10.2 Å². The third-order valence-corrected chi connectivity index (χ3v) is 8.39. The van der Waals surface area contributed by atoms with Crippen molar-refractivity contribution < 1.29 is 27.5 Å². The van der Waals surface area contributed by atoms with Crippen molar-refractivity contribution in [3.63, 3.8) is 0 Å². The number of nitrogens with zero attached hydrogens (tertiary/aromatic N) is 2. The van der Waals surface area contributed by atoms with Gasteiger partial charge in [0.1, 0.15) is 12.6 Å². The van der Waals surface area contributed by atoms with Gasteiger partial charge in [-0.1, -0.05) is 41.4 Å². The van der Waals surface area contributed by atoms with Crippen LogP contribution in [-0.2, 0) is 26.2 Å². The first-order valence-corrected chi connectivity index (χ1v) is 14.8. The van der Waals surface area contributed by atoms with E-state index in [9.17, 15) is 18.0 Å². The molecule has 0 bridgehead atoms. The van der Waals surface area contributed by atoms with Gasteiger partial charge in [0.2, 0.25) is 11.8 Å². The van der Waals surface area contributed by atoms with Crippen LogP contribution in [0.15, 0.2) is 71.6 Å². The number of halogens is 1. The number of methoxy groups -OCH3 is 2. The fraction of sp³-hybridized carbons (Fsp3) is 0.333. The minimum atomic E-state index is -4.29. The number of sulfonamides is 1. The predicted octanol–water partition coefficient (Wildman–Crippen LogP) is 4.80. The van der Waals surface area contributed by atoms with Gasteiger partial charge < -0.3 is 19.7 Å². The molecule has 0 heterocycles. The molecule has 0 saturated heterocycles. The van der Waals surface area contributed by atoms with Crippen LogP contribution < -0.4 is 19.1 Å². The highest BCUT2D eigenvalue weighted by Crippen LogP contribution is 2.32. The minimum absolute atomic E-state index is 0.103. The molecule has 1 unspecified atom stereocenters. The SMILES string of the molecule is COc1ccc(S(=O)(=O)N(CC(=O)N(Cc2cccc(C)c2)C(C)C(=O)NC(C)C)c2ccc(Cl)cc2)cc1OC. The van der Waals surface area contributed by atoms with Gasteiger partial charge in [-0.05, 0) is 69.7 Å². The van der Waals surface area contributed by atoms with Crippen molar-refractivity contribution in [2.75, 3.05) is 25.1 Å². The maximum absolute atomic E-state index is 14.0. The van der Waals surface area contributed by atoms with Crippen LogP contribution in [-0.4, -0.2) is 58.0 Å². The lowest BCUT2D eigenvalue weighted by Gasteiger charge is -2.32. The van der Waals surface area contributed by atoms with E-state index in [0.29, 0.717) is 10.8 Å². The average molecular weight is 602 g/mol.